The molecule has 152 valence electrons. The summed E-state index contributed by atoms with van der Waals surface area (Å²) in [6.07, 6.45) is 0. The minimum absolute atomic E-state index is 0.131. The van der Waals surface area contributed by atoms with Gasteiger partial charge in [0.05, 0.1) is 16.7 Å². The maximum Gasteiger partial charge on any atom is 0.262 e. The Hall–Kier alpha value is -3.04. The van der Waals surface area contributed by atoms with Crippen molar-refractivity contribution < 1.29 is 14.0 Å². The first-order valence-corrected chi connectivity index (χ1v) is 10.5. The Kier molecular flexibility index (Phi) is 4.84. The zero-order valence-electron chi connectivity index (χ0n) is 15.8. The Labute approximate surface area is 179 Å². The fourth-order valence-electron chi connectivity index (χ4n) is 3.16. The van der Waals surface area contributed by atoms with Crippen molar-refractivity contribution in [3.05, 3.63) is 57.7 Å². The van der Waals surface area contributed by atoms with Gasteiger partial charge >= 0.3 is 0 Å². The van der Waals surface area contributed by atoms with Crippen LogP contribution in [0.15, 0.2) is 50.9 Å². The lowest BCUT2D eigenvalue weighted by Gasteiger charge is -2.10. The van der Waals surface area contributed by atoms with Crippen molar-refractivity contribution in [2.45, 2.75) is 24.4 Å². The maximum absolute atomic E-state index is 13.0. The predicted molar refractivity (Wildman–Crippen MR) is 112 cm³/mol. The van der Waals surface area contributed by atoms with E-state index in [2.05, 4.69) is 15.1 Å². The van der Waals surface area contributed by atoms with Crippen LogP contribution >= 0.6 is 23.4 Å². The number of halogens is 1. The number of aromatic nitrogens is 4. The van der Waals surface area contributed by atoms with Crippen molar-refractivity contribution in [2.24, 2.45) is 0 Å². The van der Waals surface area contributed by atoms with E-state index in [0.717, 1.165) is 5.56 Å². The number of fused-ring (bicyclic) bond motifs is 2. The number of thioether (sulfide) groups is 1. The van der Waals surface area contributed by atoms with Crippen molar-refractivity contribution in [1.29, 1.82) is 0 Å². The summed E-state index contributed by atoms with van der Waals surface area (Å²) in [6, 6.07) is 10.7. The number of ether oxygens (including phenoxy) is 2. The zero-order valence-corrected chi connectivity index (χ0v) is 17.4. The molecule has 0 aliphatic carbocycles. The molecule has 0 spiro atoms. The van der Waals surface area contributed by atoms with Crippen LogP contribution in [0.2, 0.25) is 5.02 Å². The van der Waals surface area contributed by atoms with Gasteiger partial charge in [0, 0.05) is 23.2 Å². The zero-order chi connectivity index (χ0) is 20.7. The summed E-state index contributed by atoms with van der Waals surface area (Å²) in [6.45, 7) is 2.52. The molecular formula is C20H15ClN4O4S. The van der Waals surface area contributed by atoms with E-state index in [-0.39, 0.29) is 12.4 Å². The molecule has 0 saturated carbocycles. The number of rotatable bonds is 5. The Balaban J connectivity index is 1.44. The highest BCUT2D eigenvalue weighted by atomic mass is 35.5. The Morgan fingerprint density at radius 1 is 1.17 bits per heavy atom. The first-order valence-electron chi connectivity index (χ1n) is 9.18. The quantitative estimate of drug-likeness (QED) is 0.336. The van der Waals surface area contributed by atoms with Crippen molar-refractivity contribution in [3.63, 3.8) is 0 Å². The van der Waals surface area contributed by atoms with Gasteiger partial charge in [0.15, 0.2) is 16.7 Å². The minimum atomic E-state index is -0.131. The van der Waals surface area contributed by atoms with Crippen LogP contribution in [0, 0.1) is 0 Å². The first kappa shape index (κ1) is 19.0. The molecule has 5 rings (SSSR count). The highest BCUT2D eigenvalue weighted by Crippen LogP contribution is 2.35. The van der Waals surface area contributed by atoms with Crippen LogP contribution in [-0.4, -0.2) is 26.5 Å². The van der Waals surface area contributed by atoms with Gasteiger partial charge in [0.1, 0.15) is 0 Å². The molecule has 0 radical (unpaired) electrons. The fourth-order valence-corrected chi connectivity index (χ4v) is 4.26. The molecule has 1 aliphatic rings. The summed E-state index contributed by atoms with van der Waals surface area (Å²) >= 11 is 7.38. The lowest BCUT2D eigenvalue weighted by Crippen LogP contribution is -2.22. The monoisotopic (exact) mass is 442 g/mol. The number of nitrogens with zero attached hydrogens (tertiary/aromatic N) is 4. The summed E-state index contributed by atoms with van der Waals surface area (Å²) in [7, 11) is 0. The maximum atomic E-state index is 13.0. The van der Waals surface area contributed by atoms with Gasteiger partial charge in [-0.1, -0.05) is 40.7 Å². The lowest BCUT2D eigenvalue weighted by atomic mass is 10.2. The molecule has 2 aromatic heterocycles. The van der Waals surface area contributed by atoms with Gasteiger partial charge < -0.3 is 14.0 Å². The summed E-state index contributed by atoms with van der Waals surface area (Å²) in [5, 5.41) is 5.67. The van der Waals surface area contributed by atoms with E-state index >= 15 is 0 Å². The Morgan fingerprint density at radius 2 is 2.00 bits per heavy atom. The molecule has 2 aromatic carbocycles. The van der Waals surface area contributed by atoms with E-state index in [1.165, 1.54) is 11.8 Å². The highest BCUT2D eigenvalue weighted by molar-refractivity contribution is 7.98. The fraction of sp³-hybridized carbons (Fsp3) is 0.200. The largest absolute Gasteiger partial charge is 0.454 e. The van der Waals surface area contributed by atoms with Crippen LogP contribution in [0.25, 0.3) is 22.3 Å². The average molecular weight is 443 g/mol. The van der Waals surface area contributed by atoms with Gasteiger partial charge in [0.25, 0.3) is 5.56 Å². The standard InChI is InChI=1S/C20H15ClN4O4S/c1-2-25-19(26)13-7-15-16(28-10-27-15)8-14(13)22-20(25)30-9-17-23-18(24-29-17)11-4-3-5-12(21)6-11/h3-8H,2,9-10H2,1H3. The molecule has 0 fully saturated rings. The Bertz CT molecular complexity index is 1320. The van der Waals surface area contributed by atoms with E-state index in [4.69, 9.17) is 25.6 Å². The molecule has 10 heteroatoms. The molecular weight excluding hydrogens is 428 g/mol. The molecule has 0 atom stereocenters. The van der Waals surface area contributed by atoms with E-state index in [1.54, 1.807) is 28.8 Å². The van der Waals surface area contributed by atoms with Crippen LogP contribution in [-0.2, 0) is 12.3 Å². The van der Waals surface area contributed by atoms with E-state index in [0.29, 0.717) is 56.6 Å². The SMILES string of the molecule is CCn1c(SCc2nc(-c3cccc(Cl)c3)no2)nc2cc3c(cc2c1=O)OCO3. The molecule has 3 heterocycles. The van der Waals surface area contributed by atoms with Crippen LogP contribution in [0.5, 0.6) is 11.5 Å². The van der Waals surface area contributed by atoms with Gasteiger partial charge in [0.2, 0.25) is 18.5 Å². The van der Waals surface area contributed by atoms with Gasteiger partial charge in [-0.25, -0.2) is 4.98 Å². The molecule has 0 unspecified atom stereocenters. The molecule has 30 heavy (non-hydrogen) atoms. The van der Waals surface area contributed by atoms with E-state index in [9.17, 15) is 4.79 Å². The molecule has 8 nitrogen and oxygen atoms in total. The third-order valence-electron chi connectivity index (χ3n) is 4.61. The molecule has 0 bridgehead atoms. The smallest absolute Gasteiger partial charge is 0.262 e. The summed E-state index contributed by atoms with van der Waals surface area (Å²) in [5.74, 6) is 2.40. The normalized spacial score (nSPS) is 12.6. The second kappa shape index (κ2) is 7.66. The predicted octanol–water partition coefficient (Wildman–Crippen LogP) is 4.14. The van der Waals surface area contributed by atoms with Crippen molar-refractivity contribution >= 4 is 34.3 Å². The van der Waals surface area contributed by atoms with Gasteiger partial charge in [-0.2, -0.15) is 4.98 Å². The molecule has 4 aromatic rings. The summed E-state index contributed by atoms with van der Waals surface area (Å²) < 4.78 is 17.8. The van der Waals surface area contributed by atoms with Gasteiger partial charge in [-0.15, -0.1) is 0 Å². The van der Waals surface area contributed by atoms with Gasteiger partial charge in [-0.3, -0.25) is 9.36 Å². The van der Waals surface area contributed by atoms with E-state index in [1.807, 2.05) is 19.1 Å². The topological polar surface area (TPSA) is 92.3 Å². The second-order valence-corrected chi connectivity index (χ2v) is 7.86. The van der Waals surface area contributed by atoms with Crippen molar-refractivity contribution in [3.8, 4) is 22.9 Å². The third-order valence-corrected chi connectivity index (χ3v) is 5.80. The average Bonchev–Trinajstić information content (AvgIpc) is 3.40. The molecule has 0 saturated heterocycles. The van der Waals surface area contributed by atoms with Gasteiger partial charge in [-0.05, 0) is 25.1 Å². The van der Waals surface area contributed by atoms with Crippen LogP contribution in [0.4, 0.5) is 0 Å². The minimum Gasteiger partial charge on any atom is -0.454 e. The van der Waals surface area contributed by atoms with Crippen LogP contribution < -0.4 is 15.0 Å². The van der Waals surface area contributed by atoms with Crippen LogP contribution in [0.1, 0.15) is 12.8 Å². The van der Waals surface area contributed by atoms with Crippen molar-refractivity contribution in [1.82, 2.24) is 19.7 Å². The number of benzene rings is 2. The lowest BCUT2D eigenvalue weighted by molar-refractivity contribution is 0.174. The molecule has 0 N–H and O–H groups in total. The molecule has 1 aliphatic heterocycles. The number of hydrogen-bond donors (Lipinski definition) is 0. The van der Waals surface area contributed by atoms with E-state index < -0.39 is 0 Å². The third kappa shape index (κ3) is 3.40. The summed E-state index contributed by atoms with van der Waals surface area (Å²) in [4.78, 5) is 22.0. The molecule has 0 amide bonds. The highest BCUT2D eigenvalue weighted by Gasteiger charge is 2.19. The second-order valence-electron chi connectivity index (χ2n) is 6.48. The van der Waals surface area contributed by atoms with Crippen molar-refractivity contribution in [2.75, 3.05) is 6.79 Å². The van der Waals surface area contributed by atoms with Crippen LogP contribution in [0.3, 0.4) is 0 Å². The number of hydrogen-bond acceptors (Lipinski definition) is 8. The Morgan fingerprint density at radius 3 is 2.80 bits per heavy atom. The first-order chi connectivity index (χ1) is 14.6. The summed E-state index contributed by atoms with van der Waals surface area (Å²) in [5.41, 5.74) is 1.20.